The Morgan fingerprint density at radius 1 is 1.22 bits per heavy atom. The average molecular weight is 251 g/mol. The second kappa shape index (κ2) is 5.22. The van der Waals surface area contributed by atoms with E-state index < -0.39 is 0 Å². The number of piperazine rings is 1. The summed E-state index contributed by atoms with van der Waals surface area (Å²) < 4.78 is 5.56. The molecule has 0 atom stereocenters. The molecule has 0 spiro atoms. The summed E-state index contributed by atoms with van der Waals surface area (Å²) in [6, 6.07) is 3.71. The first-order valence-electron chi connectivity index (χ1n) is 5.84. The minimum Gasteiger partial charge on any atom is -0.463 e. The molecule has 2 heterocycles. The molecule has 0 saturated carbocycles. The topological polar surface area (TPSA) is 65.8 Å². The molecule has 1 aromatic rings. The van der Waals surface area contributed by atoms with Crippen molar-refractivity contribution in [3.8, 4) is 0 Å². The highest BCUT2D eigenvalue weighted by atomic mass is 16.3. The van der Waals surface area contributed by atoms with E-state index in [0.717, 1.165) is 5.76 Å². The van der Waals surface area contributed by atoms with Gasteiger partial charge in [-0.05, 0) is 19.2 Å². The maximum absolute atomic E-state index is 11.8. The van der Waals surface area contributed by atoms with E-state index in [1.807, 2.05) is 19.2 Å². The Kier molecular flexibility index (Phi) is 3.66. The molecule has 0 radical (unpaired) electrons. The zero-order valence-electron chi connectivity index (χ0n) is 10.6. The summed E-state index contributed by atoms with van der Waals surface area (Å²) in [4.78, 5) is 26.3. The van der Waals surface area contributed by atoms with Gasteiger partial charge in [0.25, 0.3) is 0 Å². The third kappa shape index (κ3) is 2.70. The number of hydrogen-bond donors (Lipinski definition) is 1. The van der Waals surface area contributed by atoms with Crippen molar-refractivity contribution in [3.63, 3.8) is 0 Å². The normalized spacial score (nSPS) is 16.6. The molecule has 2 rings (SSSR count). The minimum absolute atomic E-state index is 0.0448. The van der Waals surface area contributed by atoms with Crippen LogP contribution in [-0.2, 0) is 22.7 Å². The van der Waals surface area contributed by atoms with Gasteiger partial charge in [0, 0.05) is 7.05 Å². The largest absolute Gasteiger partial charge is 0.463 e. The standard InChI is InChI=1S/C12H17N3O3/c1-13-5-9-3-4-10(18-9)6-15-8-11(16)14(2)7-12(15)17/h3-4,13H,5-8H2,1-2H3. The zero-order chi connectivity index (χ0) is 13.1. The summed E-state index contributed by atoms with van der Waals surface area (Å²) in [5.74, 6) is 1.42. The van der Waals surface area contributed by atoms with Crippen molar-refractivity contribution < 1.29 is 14.0 Å². The van der Waals surface area contributed by atoms with Crippen molar-refractivity contribution in [1.29, 1.82) is 0 Å². The van der Waals surface area contributed by atoms with Gasteiger partial charge in [-0.2, -0.15) is 0 Å². The Hall–Kier alpha value is -1.82. The molecule has 1 aliphatic heterocycles. The number of furan rings is 1. The van der Waals surface area contributed by atoms with Gasteiger partial charge in [0.1, 0.15) is 18.1 Å². The number of nitrogens with zero attached hydrogens (tertiary/aromatic N) is 2. The Morgan fingerprint density at radius 3 is 2.67 bits per heavy atom. The Morgan fingerprint density at radius 2 is 1.94 bits per heavy atom. The number of rotatable bonds is 4. The molecule has 6 nitrogen and oxygen atoms in total. The second-order valence-corrected chi connectivity index (χ2v) is 4.40. The zero-order valence-corrected chi connectivity index (χ0v) is 10.6. The van der Waals surface area contributed by atoms with Gasteiger partial charge in [-0.15, -0.1) is 0 Å². The lowest BCUT2D eigenvalue weighted by Crippen LogP contribution is -2.51. The molecule has 1 aliphatic rings. The molecule has 98 valence electrons. The minimum atomic E-state index is -0.0522. The van der Waals surface area contributed by atoms with Crippen LogP contribution >= 0.6 is 0 Å². The fraction of sp³-hybridized carbons (Fsp3) is 0.500. The van der Waals surface area contributed by atoms with Crippen molar-refractivity contribution in [3.05, 3.63) is 23.7 Å². The van der Waals surface area contributed by atoms with Gasteiger partial charge in [-0.1, -0.05) is 0 Å². The first kappa shape index (κ1) is 12.6. The number of amides is 2. The van der Waals surface area contributed by atoms with Crippen molar-refractivity contribution >= 4 is 11.8 Å². The molecule has 0 bridgehead atoms. The predicted octanol–water partition coefficient (Wildman–Crippen LogP) is -0.200. The van der Waals surface area contributed by atoms with Crippen molar-refractivity contribution in [1.82, 2.24) is 15.1 Å². The lowest BCUT2D eigenvalue weighted by Gasteiger charge is -2.30. The summed E-state index contributed by atoms with van der Waals surface area (Å²) in [6.07, 6.45) is 0. The lowest BCUT2D eigenvalue weighted by molar-refractivity contribution is -0.149. The monoisotopic (exact) mass is 251 g/mol. The maximum atomic E-state index is 11.8. The highest BCUT2D eigenvalue weighted by molar-refractivity contribution is 5.92. The van der Waals surface area contributed by atoms with Crippen LogP contribution in [0.2, 0.25) is 0 Å². The van der Waals surface area contributed by atoms with Gasteiger partial charge < -0.3 is 19.5 Å². The third-order valence-corrected chi connectivity index (χ3v) is 2.89. The van der Waals surface area contributed by atoms with Crippen molar-refractivity contribution in [2.45, 2.75) is 13.1 Å². The molecule has 6 heteroatoms. The molecule has 1 N–H and O–H groups in total. The lowest BCUT2D eigenvalue weighted by atomic mass is 10.3. The SMILES string of the molecule is CNCc1ccc(CN2CC(=O)N(C)CC2=O)o1. The first-order chi connectivity index (χ1) is 8.60. The third-order valence-electron chi connectivity index (χ3n) is 2.89. The maximum Gasteiger partial charge on any atom is 0.243 e. The molecule has 1 fully saturated rings. The molecule has 1 aromatic heterocycles. The Balaban J connectivity index is 1.99. The van der Waals surface area contributed by atoms with Crippen LogP contribution in [0.5, 0.6) is 0 Å². The average Bonchev–Trinajstić information content (AvgIpc) is 2.74. The van der Waals surface area contributed by atoms with E-state index >= 15 is 0 Å². The smallest absolute Gasteiger partial charge is 0.243 e. The summed E-state index contributed by atoms with van der Waals surface area (Å²) in [7, 11) is 3.47. The van der Waals surface area contributed by atoms with Gasteiger partial charge in [-0.3, -0.25) is 9.59 Å². The van der Waals surface area contributed by atoms with Crippen LogP contribution < -0.4 is 5.32 Å². The van der Waals surface area contributed by atoms with E-state index in [2.05, 4.69) is 5.32 Å². The summed E-state index contributed by atoms with van der Waals surface area (Å²) >= 11 is 0. The second-order valence-electron chi connectivity index (χ2n) is 4.40. The van der Waals surface area contributed by atoms with E-state index in [4.69, 9.17) is 4.42 Å². The van der Waals surface area contributed by atoms with E-state index in [1.165, 1.54) is 9.80 Å². The van der Waals surface area contributed by atoms with Crippen molar-refractivity contribution in [2.75, 3.05) is 27.2 Å². The van der Waals surface area contributed by atoms with Gasteiger partial charge in [0.05, 0.1) is 19.6 Å². The van der Waals surface area contributed by atoms with Crippen LogP contribution in [0.1, 0.15) is 11.5 Å². The van der Waals surface area contributed by atoms with Gasteiger partial charge in [0.15, 0.2) is 0 Å². The van der Waals surface area contributed by atoms with Crippen LogP contribution in [-0.4, -0.2) is 48.8 Å². The van der Waals surface area contributed by atoms with Crippen LogP contribution in [0.3, 0.4) is 0 Å². The van der Waals surface area contributed by atoms with Gasteiger partial charge in [-0.25, -0.2) is 0 Å². The highest BCUT2D eigenvalue weighted by Crippen LogP contribution is 2.13. The predicted molar refractivity (Wildman–Crippen MR) is 64.5 cm³/mol. The van der Waals surface area contributed by atoms with E-state index in [-0.39, 0.29) is 24.9 Å². The molecule has 1 saturated heterocycles. The molecular weight excluding hydrogens is 234 g/mol. The fourth-order valence-corrected chi connectivity index (χ4v) is 1.87. The van der Waals surface area contributed by atoms with E-state index in [0.29, 0.717) is 18.8 Å². The molecule has 0 aliphatic carbocycles. The van der Waals surface area contributed by atoms with E-state index in [9.17, 15) is 9.59 Å². The van der Waals surface area contributed by atoms with Crippen molar-refractivity contribution in [2.24, 2.45) is 0 Å². The number of hydrogen-bond acceptors (Lipinski definition) is 4. The van der Waals surface area contributed by atoms with Crippen LogP contribution in [0.25, 0.3) is 0 Å². The number of carbonyl (C=O) groups excluding carboxylic acids is 2. The number of likely N-dealkylation sites (N-methyl/N-ethyl adjacent to an activating group) is 1. The Bertz CT molecular complexity index is 455. The summed E-state index contributed by atoms with van der Waals surface area (Å²) in [5.41, 5.74) is 0. The first-order valence-corrected chi connectivity index (χ1v) is 5.84. The van der Waals surface area contributed by atoms with Crippen LogP contribution in [0, 0.1) is 0 Å². The number of carbonyl (C=O) groups is 2. The van der Waals surface area contributed by atoms with E-state index in [1.54, 1.807) is 7.05 Å². The summed E-state index contributed by atoms with van der Waals surface area (Å²) in [5, 5.41) is 2.99. The molecule has 2 amide bonds. The highest BCUT2D eigenvalue weighted by Gasteiger charge is 2.27. The Labute approximate surface area is 106 Å². The van der Waals surface area contributed by atoms with Crippen LogP contribution in [0.4, 0.5) is 0 Å². The molecule has 0 unspecified atom stereocenters. The van der Waals surface area contributed by atoms with Gasteiger partial charge >= 0.3 is 0 Å². The fourth-order valence-electron chi connectivity index (χ4n) is 1.87. The molecule has 18 heavy (non-hydrogen) atoms. The quantitative estimate of drug-likeness (QED) is 0.805. The van der Waals surface area contributed by atoms with Gasteiger partial charge in [0.2, 0.25) is 11.8 Å². The molecule has 0 aromatic carbocycles. The van der Waals surface area contributed by atoms with Crippen LogP contribution in [0.15, 0.2) is 16.5 Å². The summed E-state index contributed by atoms with van der Waals surface area (Å²) in [6.45, 7) is 1.26. The number of nitrogens with one attached hydrogen (secondary N) is 1. The molecular formula is C12H17N3O3.